The number of ether oxygens (including phenoxy) is 1. The highest BCUT2D eigenvalue weighted by molar-refractivity contribution is 6.30. The molecule has 0 saturated carbocycles. The Hall–Kier alpha value is -0.570. The lowest BCUT2D eigenvalue weighted by atomic mass is 10.2. The van der Waals surface area contributed by atoms with Crippen molar-refractivity contribution in [3.05, 3.63) is 34.9 Å². The average Bonchev–Trinajstić information content (AvgIpc) is 2.70. The molecule has 3 heteroatoms. The summed E-state index contributed by atoms with van der Waals surface area (Å²) < 4.78 is 5.62. The molecule has 88 valence electrons. The molecule has 0 radical (unpaired) electrons. The molecule has 0 aliphatic carbocycles. The predicted octanol–water partition coefficient (Wildman–Crippen LogP) is 2.95. The second-order valence-electron chi connectivity index (χ2n) is 4.46. The number of nitrogens with zero attached hydrogens (tertiary/aromatic N) is 1. The largest absolute Gasteiger partial charge is 0.377 e. The van der Waals surface area contributed by atoms with Crippen LogP contribution in [0, 0.1) is 0 Å². The van der Waals surface area contributed by atoms with Crippen molar-refractivity contribution in [2.75, 3.05) is 20.2 Å². The van der Waals surface area contributed by atoms with E-state index >= 15 is 0 Å². The van der Waals surface area contributed by atoms with Crippen molar-refractivity contribution >= 4 is 11.6 Å². The first kappa shape index (κ1) is 11.9. The van der Waals surface area contributed by atoms with Gasteiger partial charge >= 0.3 is 0 Å². The molecule has 0 amide bonds. The lowest BCUT2D eigenvalue weighted by Gasteiger charge is -2.20. The highest BCUT2D eigenvalue weighted by Gasteiger charge is 2.17. The SMILES string of the molecule is CN(Cc1cccc(Cl)c1)CC1CCCO1. The molecule has 1 aromatic rings. The second kappa shape index (κ2) is 5.67. The predicted molar refractivity (Wildman–Crippen MR) is 66.8 cm³/mol. The maximum absolute atomic E-state index is 5.96. The Morgan fingerprint density at radius 3 is 3.06 bits per heavy atom. The van der Waals surface area contributed by atoms with Crippen molar-refractivity contribution in [1.29, 1.82) is 0 Å². The number of rotatable bonds is 4. The molecule has 0 aromatic heterocycles. The standard InChI is InChI=1S/C13H18ClNO/c1-15(10-13-6-3-7-16-13)9-11-4-2-5-12(14)8-11/h2,4-5,8,13H,3,6-7,9-10H2,1H3. The van der Waals surface area contributed by atoms with Gasteiger partial charge in [-0.3, -0.25) is 4.90 Å². The van der Waals surface area contributed by atoms with Gasteiger partial charge in [0.25, 0.3) is 0 Å². The molecule has 1 aliphatic rings. The van der Waals surface area contributed by atoms with Crippen LogP contribution >= 0.6 is 11.6 Å². The van der Waals surface area contributed by atoms with Gasteiger partial charge in [0.05, 0.1) is 6.10 Å². The summed E-state index contributed by atoms with van der Waals surface area (Å²) >= 11 is 5.96. The molecule has 0 bridgehead atoms. The maximum atomic E-state index is 5.96. The van der Waals surface area contributed by atoms with Gasteiger partial charge in [-0.25, -0.2) is 0 Å². The Balaban J connectivity index is 1.84. The number of hydrogen-bond donors (Lipinski definition) is 0. The van der Waals surface area contributed by atoms with Crippen molar-refractivity contribution in [2.45, 2.75) is 25.5 Å². The summed E-state index contributed by atoms with van der Waals surface area (Å²) in [5.41, 5.74) is 1.26. The summed E-state index contributed by atoms with van der Waals surface area (Å²) in [6.07, 6.45) is 2.82. The van der Waals surface area contributed by atoms with Gasteiger partial charge in [0, 0.05) is 24.7 Å². The molecule has 16 heavy (non-hydrogen) atoms. The molecule has 1 unspecified atom stereocenters. The normalized spacial score (nSPS) is 20.6. The second-order valence-corrected chi connectivity index (χ2v) is 4.90. The van der Waals surface area contributed by atoms with Crippen LogP contribution in [0.1, 0.15) is 18.4 Å². The fourth-order valence-electron chi connectivity index (χ4n) is 2.15. The van der Waals surface area contributed by atoms with Crippen LogP contribution in [0.25, 0.3) is 0 Å². The molecular formula is C13H18ClNO. The minimum atomic E-state index is 0.421. The van der Waals surface area contributed by atoms with Gasteiger partial charge in [-0.2, -0.15) is 0 Å². The molecule has 1 aromatic carbocycles. The smallest absolute Gasteiger partial charge is 0.0702 e. The van der Waals surface area contributed by atoms with Crippen molar-refractivity contribution in [3.8, 4) is 0 Å². The molecule has 2 nitrogen and oxygen atoms in total. The fraction of sp³-hybridized carbons (Fsp3) is 0.538. The molecular weight excluding hydrogens is 222 g/mol. The monoisotopic (exact) mass is 239 g/mol. The first-order valence-corrected chi connectivity index (χ1v) is 6.16. The zero-order valence-electron chi connectivity index (χ0n) is 9.66. The maximum Gasteiger partial charge on any atom is 0.0702 e. The van der Waals surface area contributed by atoms with E-state index in [1.807, 2.05) is 18.2 Å². The molecule has 1 saturated heterocycles. The highest BCUT2D eigenvalue weighted by atomic mass is 35.5. The molecule has 1 fully saturated rings. The third-order valence-corrected chi connectivity index (χ3v) is 3.12. The van der Waals surface area contributed by atoms with Crippen LogP contribution in [-0.2, 0) is 11.3 Å². The van der Waals surface area contributed by atoms with Crippen molar-refractivity contribution < 1.29 is 4.74 Å². The van der Waals surface area contributed by atoms with E-state index in [0.29, 0.717) is 6.10 Å². The minimum Gasteiger partial charge on any atom is -0.377 e. The lowest BCUT2D eigenvalue weighted by molar-refractivity contribution is 0.0793. The van der Waals surface area contributed by atoms with Crippen molar-refractivity contribution in [1.82, 2.24) is 4.90 Å². The molecule has 1 heterocycles. The Morgan fingerprint density at radius 2 is 2.38 bits per heavy atom. The number of hydrogen-bond acceptors (Lipinski definition) is 2. The van der Waals surface area contributed by atoms with Crippen LogP contribution in [0.3, 0.4) is 0 Å². The minimum absolute atomic E-state index is 0.421. The topological polar surface area (TPSA) is 12.5 Å². The Kier molecular flexibility index (Phi) is 4.22. The van der Waals surface area contributed by atoms with Gasteiger partial charge in [-0.05, 0) is 37.6 Å². The zero-order valence-corrected chi connectivity index (χ0v) is 10.4. The molecule has 2 rings (SSSR count). The van der Waals surface area contributed by atoms with E-state index in [0.717, 1.165) is 24.7 Å². The molecule has 0 N–H and O–H groups in total. The van der Waals surface area contributed by atoms with E-state index in [2.05, 4.69) is 18.0 Å². The van der Waals surface area contributed by atoms with Crippen LogP contribution in [0.15, 0.2) is 24.3 Å². The summed E-state index contributed by atoms with van der Waals surface area (Å²) in [6, 6.07) is 8.04. The summed E-state index contributed by atoms with van der Waals surface area (Å²) in [7, 11) is 2.13. The van der Waals surface area contributed by atoms with E-state index in [4.69, 9.17) is 16.3 Å². The quantitative estimate of drug-likeness (QED) is 0.801. The van der Waals surface area contributed by atoms with Gasteiger partial charge in [0.15, 0.2) is 0 Å². The van der Waals surface area contributed by atoms with Crippen LogP contribution in [0.5, 0.6) is 0 Å². The first-order valence-electron chi connectivity index (χ1n) is 5.78. The summed E-state index contributed by atoms with van der Waals surface area (Å²) in [6.45, 7) is 2.86. The fourth-order valence-corrected chi connectivity index (χ4v) is 2.36. The highest BCUT2D eigenvalue weighted by Crippen LogP contribution is 2.15. The molecule has 1 aliphatic heterocycles. The molecule has 1 atom stereocenters. The van der Waals surface area contributed by atoms with Gasteiger partial charge in [0.2, 0.25) is 0 Å². The van der Waals surface area contributed by atoms with Gasteiger partial charge < -0.3 is 4.74 Å². The number of halogens is 1. The van der Waals surface area contributed by atoms with Crippen molar-refractivity contribution in [3.63, 3.8) is 0 Å². The Bertz CT molecular complexity index is 336. The van der Waals surface area contributed by atoms with E-state index < -0.39 is 0 Å². The first-order chi connectivity index (χ1) is 7.74. The third-order valence-electron chi connectivity index (χ3n) is 2.88. The van der Waals surface area contributed by atoms with Gasteiger partial charge in [0.1, 0.15) is 0 Å². The van der Waals surface area contributed by atoms with E-state index in [1.54, 1.807) is 0 Å². The summed E-state index contributed by atoms with van der Waals surface area (Å²) in [5, 5.41) is 0.808. The van der Waals surface area contributed by atoms with Gasteiger partial charge in [-0.15, -0.1) is 0 Å². The van der Waals surface area contributed by atoms with Crippen LogP contribution in [0.2, 0.25) is 5.02 Å². The van der Waals surface area contributed by atoms with Crippen LogP contribution in [-0.4, -0.2) is 31.2 Å². The Morgan fingerprint density at radius 1 is 1.50 bits per heavy atom. The average molecular weight is 240 g/mol. The van der Waals surface area contributed by atoms with Crippen molar-refractivity contribution in [2.24, 2.45) is 0 Å². The summed E-state index contributed by atoms with van der Waals surface area (Å²) in [4.78, 5) is 2.29. The summed E-state index contributed by atoms with van der Waals surface area (Å²) in [5.74, 6) is 0. The van der Waals surface area contributed by atoms with E-state index in [9.17, 15) is 0 Å². The van der Waals surface area contributed by atoms with E-state index in [-0.39, 0.29) is 0 Å². The Labute approximate surface area is 102 Å². The van der Waals surface area contributed by atoms with E-state index in [1.165, 1.54) is 18.4 Å². The van der Waals surface area contributed by atoms with Crippen LogP contribution in [0.4, 0.5) is 0 Å². The lowest BCUT2D eigenvalue weighted by Crippen LogP contribution is -2.28. The third kappa shape index (κ3) is 3.48. The number of likely N-dealkylation sites (N-methyl/N-ethyl adjacent to an activating group) is 1. The zero-order chi connectivity index (χ0) is 11.4. The van der Waals surface area contributed by atoms with Gasteiger partial charge in [-0.1, -0.05) is 23.7 Å². The number of benzene rings is 1. The van der Waals surface area contributed by atoms with Crippen LogP contribution < -0.4 is 0 Å². The molecule has 0 spiro atoms.